The van der Waals surface area contributed by atoms with E-state index in [4.69, 9.17) is 14.6 Å². The summed E-state index contributed by atoms with van der Waals surface area (Å²) in [6.45, 7) is 1.74. The predicted molar refractivity (Wildman–Crippen MR) is 92.5 cm³/mol. The molecule has 1 unspecified atom stereocenters. The van der Waals surface area contributed by atoms with E-state index >= 15 is 0 Å². The lowest BCUT2D eigenvalue weighted by Gasteiger charge is -2.34. The monoisotopic (exact) mass is 386 g/mol. The minimum absolute atomic E-state index is 0.0447. The van der Waals surface area contributed by atoms with Gasteiger partial charge in [-0.2, -0.15) is 0 Å². The van der Waals surface area contributed by atoms with Crippen LogP contribution in [0.25, 0.3) is 0 Å². The number of hydrogen-bond donors (Lipinski definition) is 1. The van der Waals surface area contributed by atoms with Gasteiger partial charge in [0.15, 0.2) is 11.6 Å². The molecule has 1 N–H and O–H groups in total. The highest BCUT2D eigenvalue weighted by molar-refractivity contribution is 5.76. The van der Waals surface area contributed by atoms with Gasteiger partial charge in [0.25, 0.3) is 0 Å². The van der Waals surface area contributed by atoms with E-state index in [1.54, 1.807) is 16.8 Å². The number of carbonyl (C=O) groups excluding carboxylic acids is 1. The number of amides is 1. The SMILES string of the molecule is CN(CC(=O)O)CC1CN(C(=O)CCCOc2ccc(F)cc2F)CCO1. The molecule has 1 heterocycles. The lowest BCUT2D eigenvalue weighted by atomic mass is 10.2. The van der Waals surface area contributed by atoms with Crippen LogP contribution >= 0.6 is 0 Å². The van der Waals surface area contributed by atoms with Gasteiger partial charge in [-0.3, -0.25) is 14.5 Å². The van der Waals surface area contributed by atoms with Crippen molar-refractivity contribution in [3.05, 3.63) is 29.8 Å². The summed E-state index contributed by atoms with van der Waals surface area (Å²) in [4.78, 5) is 26.3. The van der Waals surface area contributed by atoms with E-state index in [0.29, 0.717) is 32.7 Å². The Bertz CT molecular complexity index is 659. The second-order valence-corrected chi connectivity index (χ2v) is 6.45. The van der Waals surface area contributed by atoms with Gasteiger partial charge in [-0.15, -0.1) is 0 Å². The largest absolute Gasteiger partial charge is 0.491 e. The third kappa shape index (κ3) is 7.10. The number of rotatable bonds is 9. The number of carboxylic acids is 1. The van der Waals surface area contributed by atoms with Crippen LogP contribution in [0.1, 0.15) is 12.8 Å². The standard InChI is InChI=1S/C18H24F2N2O5/c1-21(12-18(24)25)10-14-11-22(6-8-26-14)17(23)3-2-7-27-16-5-4-13(19)9-15(16)20/h4-5,9,14H,2-3,6-8,10-12H2,1H3,(H,24,25). The maximum absolute atomic E-state index is 13.5. The van der Waals surface area contributed by atoms with Crippen molar-refractivity contribution in [1.82, 2.24) is 9.80 Å². The number of ether oxygens (including phenoxy) is 2. The van der Waals surface area contributed by atoms with E-state index in [9.17, 15) is 18.4 Å². The van der Waals surface area contributed by atoms with E-state index in [1.165, 1.54) is 6.07 Å². The van der Waals surface area contributed by atoms with Crippen molar-refractivity contribution >= 4 is 11.9 Å². The first-order chi connectivity index (χ1) is 12.8. The molecule has 0 aliphatic carbocycles. The first-order valence-electron chi connectivity index (χ1n) is 8.72. The minimum atomic E-state index is -0.918. The molecule has 0 aromatic heterocycles. The normalized spacial score (nSPS) is 17.2. The fourth-order valence-corrected chi connectivity index (χ4v) is 2.86. The fraction of sp³-hybridized carbons (Fsp3) is 0.556. The summed E-state index contributed by atoms with van der Waals surface area (Å²) in [7, 11) is 1.68. The first-order valence-corrected chi connectivity index (χ1v) is 8.72. The Labute approximate surface area is 156 Å². The van der Waals surface area contributed by atoms with Gasteiger partial charge in [0, 0.05) is 32.1 Å². The second-order valence-electron chi connectivity index (χ2n) is 6.45. The van der Waals surface area contributed by atoms with Crippen LogP contribution in [0.4, 0.5) is 8.78 Å². The fourth-order valence-electron chi connectivity index (χ4n) is 2.86. The van der Waals surface area contributed by atoms with Crippen LogP contribution in [0.3, 0.4) is 0 Å². The molecule has 27 heavy (non-hydrogen) atoms. The Morgan fingerprint density at radius 2 is 2.19 bits per heavy atom. The number of hydrogen-bond acceptors (Lipinski definition) is 5. The van der Waals surface area contributed by atoms with Crippen molar-refractivity contribution in [2.45, 2.75) is 18.9 Å². The zero-order valence-corrected chi connectivity index (χ0v) is 15.2. The molecule has 2 rings (SSSR count). The van der Waals surface area contributed by atoms with Gasteiger partial charge in [-0.1, -0.05) is 0 Å². The Hall–Kier alpha value is -2.26. The molecule has 1 fully saturated rings. The summed E-state index contributed by atoms with van der Waals surface area (Å²) >= 11 is 0. The molecule has 1 aliphatic heterocycles. The smallest absolute Gasteiger partial charge is 0.317 e. The molecule has 0 saturated carbocycles. The summed E-state index contributed by atoms with van der Waals surface area (Å²) in [6.07, 6.45) is 0.397. The molecular weight excluding hydrogens is 362 g/mol. The topological polar surface area (TPSA) is 79.3 Å². The Morgan fingerprint density at radius 3 is 2.89 bits per heavy atom. The number of benzene rings is 1. The van der Waals surface area contributed by atoms with Crippen molar-refractivity contribution < 1.29 is 33.0 Å². The molecular formula is C18H24F2N2O5. The van der Waals surface area contributed by atoms with Gasteiger partial charge in [0.1, 0.15) is 5.82 Å². The second kappa shape index (κ2) is 10.2. The zero-order valence-electron chi connectivity index (χ0n) is 15.2. The van der Waals surface area contributed by atoms with E-state index in [1.807, 2.05) is 0 Å². The summed E-state index contributed by atoms with van der Waals surface area (Å²) in [5, 5.41) is 8.79. The van der Waals surface area contributed by atoms with E-state index in [-0.39, 0.29) is 37.3 Å². The van der Waals surface area contributed by atoms with E-state index < -0.39 is 17.6 Å². The van der Waals surface area contributed by atoms with Crippen LogP contribution in [0.5, 0.6) is 5.75 Å². The average Bonchev–Trinajstić information content (AvgIpc) is 2.59. The molecule has 1 aromatic rings. The maximum Gasteiger partial charge on any atom is 0.317 e. The molecule has 0 bridgehead atoms. The van der Waals surface area contributed by atoms with Crippen LogP contribution in [0.15, 0.2) is 18.2 Å². The number of halogens is 2. The minimum Gasteiger partial charge on any atom is -0.491 e. The molecule has 1 atom stereocenters. The number of morpholine rings is 1. The zero-order chi connectivity index (χ0) is 19.8. The highest BCUT2D eigenvalue weighted by Gasteiger charge is 2.25. The lowest BCUT2D eigenvalue weighted by molar-refractivity contribution is -0.142. The molecule has 7 nitrogen and oxygen atoms in total. The maximum atomic E-state index is 13.5. The van der Waals surface area contributed by atoms with Crippen molar-refractivity contribution in [2.24, 2.45) is 0 Å². The number of likely N-dealkylation sites (N-methyl/N-ethyl adjacent to an activating group) is 1. The predicted octanol–water partition coefficient (Wildman–Crippen LogP) is 1.37. The molecule has 1 aromatic carbocycles. The van der Waals surface area contributed by atoms with Gasteiger partial charge >= 0.3 is 5.97 Å². The van der Waals surface area contributed by atoms with Gasteiger partial charge in [0.2, 0.25) is 5.91 Å². The summed E-state index contributed by atoms with van der Waals surface area (Å²) < 4.78 is 37.1. The number of aliphatic carboxylic acids is 1. The Kier molecular flexibility index (Phi) is 7.93. The molecule has 9 heteroatoms. The van der Waals surface area contributed by atoms with Gasteiger partial charge in [-0.25, -0.2) is 8.78 Å². The van der Waals surface area contributed by atoms with Crippen molar-refractivity contribution in [1.29, 1.82) is 0 Å². The molecule has 0 radical (unpaired) electrons. The highest BCUT2D eigenvalue weighted by Crippen LogP contribution is 2.18. The molecule has 0 spiro atoms. The van der Waals surface area contributed by atoms with Crippen LogP contribution in [0, 0.1) is 11.6 Å². The van der Waals surface area contributed by atoms with Crippen LogP contribution in [0.2, 0.25) is 0 Å². The van der Waals surface area contributed by atoms with Crippen LogP contribution in [-0.4, -0.2) is 79.3 Å². The summed E-state index contributed by atoms with van der Waals surface area (Å²) in [5.74, 6) is -2.48. The first kappa shape index (κ1) is 21.0. The van der Waals surface area contributed by atoms with E-state index in [2.05, 4.69) is 0 Å². The van der Waals surface area contributed by atoms with Gasteiger partial charge in [-0.05, 0) is 25.6 Å². The quantitative estimate of drug-likeness (QED) is 0.646. The lowest BCUT2D eigenvalue weighted by Crippen LogP contribution is -2.49. The van der Waals surface area contributed by atoms with E-state index in [0.717, 1.165) is 12.1 Å². The molecule has 150 valence electrons. The third-order valence-corrected chi connectivity index (χ3v) is 4.10. The molecule has 1 aliphatic rings. The summed E-state index contributed by atoms with van der Waals surface area (Å²) in [6, 6.07) is 3.07. The Balaban J connectivity index is 1.71. The number of carboxylic acid groups (broad SMARTS) is 1. The average molecular weight is 386 g/mol. The molecule has 1 amide bonds. The van der Waals surface area contributed by atoms with Crippen LogP contribution < -0.4 is 4.74 Å². The van der Waals surface area contributed by atoms with Crippen molar-refractivity contribution in [2.75, 3.05) is 46.4 Å². The number of carbonyl (C=O) groups is 2. The van der Waals surface area contributed by atoms with Gasteiger partial charge < -0.3 is 19.5 Å². The highest BCUT2D eigenvalue weighted by atomic mass is 19.1. The van der Waals surface area contributed by atoms with Gasteiger partial charge in [0.05, 0.1) is 25.9 Å². The third-order valence-electron chi connectivity index (χ3n) is 4.10. The van der Waals surface area contributed by atoms with Crippen LogP contribution in [-0.2, 0) is 14.3 Å². The number of nitrogens with zero attached hydrogens (tertiary/aromatic N) is 2. The molecule has 1 saturated heterocycles. The Morgan fingerprint density at radius 1 is 1.41 bits per heavy atom. The van der Waals surface area contributed by atoms with Crippen molar-refractivity contribution in [3.63, 3.8) is 0 Å². The van der Waals surface area contributed by atoms with Crippen molar-refractivity contribution in [3.8, 4) is 5.75 Å². The summed E-state index contributed by atoms with van der Waals surface area (Å²) in [5.41, 5.74) is 0.